The van der Waals surface area contributed by atoms with Gasteiger partial charge >= 0.3 is 0 Å². The van der Waals surface area contributed by atoms with Gasteiger partial charge in [0.15, 0.2) is 0 Å². The largest absolute Gasteiger partial charge is 0.507 e. The SMILES string of the molecule is COc1cc(OC)cc(C(c2cc(OC)cc(OC)c2)P(c2cccc(C(C)(C)C)c2O)C(C)(C)C)c1. The average Bonchev–Trinajstić information content (AvgIpc) is 2.85. The number of hydrogen-bond donors (Lipinski definition) is 1. The third-order valence-electron chi connectivity index (χ3n) is 6.44. The van der Waals surface area contributed by atoms with Crippen LogP contribution in [-0.4, -0.2) is 38.7 Å². The smallest absolute Gasteiger partial charge is 0.127 e. The number of phenolic OH excluding ortho intramolecular Hbond substituents is 1. The van der Waals surface area contributed by atoms with Gasteiger partial charge in [-0.3, -0.25) is 0 Å². The van der Waals surface area contributed by atoms with Gasteiger partial charge in [-0.2, -0.15) is 0 Å². The third kappa shape index (κ3) is 6.33. The number of hydrogen-bond acceptors (Lipinski definition) is 5. The molecule has 3 aromatic rings. The van der Waals surface area contributed by atoms with E-state index in [0.29, 0.717) is 28.7 Å². The highest BCUT2D eigenvalue weighted by Crippen LogP contribution is 2.64. The number of phenols is 1. The fraction of sp³-hybridized carbons (Fsp3) is 0.419. The summed E-state index contributed by atoms with van der Waals surface area (Å²) < 4.78 is 22.6. The maximum atomic E-state index is 11.7. The molecule has 0 aliphatic carbocycles. The van der Waals surface area contributed by atoms with E-state index in [1.165, 1.54) is 0 Å². The molecule has 3 rings (SSSR count). The highest BCUT2D eigenvalue weighted by atomic mass is 31.1. The minimum Gasteiger partial charge on any atom is -0.507 e. The molecule has 0 bridgehead atoms. The van der Waals surface area contributed by atoms with E-state index in [2.05, 4.69) is 77.9 Å². The van der Waals surface area contributed by atoms with Gasteiger partial charge < -0.3 is 24.1 Å². The number of benzene rings is 3. The van der Waals surface area contributed by atoms with Crippen molar-refractivity contribution in [3.05, 3.63) is 71.3 Å². The van der Waals surface area contributed by atoms with Gasteiger partial charge in [0.2, 0.25) is 0 Å². The summed E-state index contributed by atoms with van der Waals surface area (Å²) in [5.41, 5.74) is 2.68. The molecule has 0 saturated heterocycles. The van der Waals surface area contributed by atoms with Crippen LogP contribution in [0.25, 0.3) is 0 Å². The van der Waals surface area contributed by atoms with E-state index in [4.69, 9.17) is 18.9 Å². The second-order valence-electron chi connectivity index (χ2n) is 11.2. The second kappa shape index (κ2) is 11.2. The summed E-state index contributed by atoms with van der Waals surface area (Å²) >= 11 is 0. The van der Waals surface area contributed by atoms with E-state index in [0.717, 1.165) is 22.0 Å². The molecular weight excluding hydrogens is 483 g/mol. The van der Waals surface area contributed by atoms with Crippen LogP contribution in [0.1, 0.15) is 63.9 Å². The van der Waals surface area contributed by atoms with E-state index in [-0.39, 0.29) is 16.2 Å². The van der Waals surface area contributed by atoms with Crippen molar-refractivity contribution >= 4 is 13.2 Å². The molecule has 0 aliphatic rings. The summed E-state index contributed by atoms with van der Waals surface area (Å²) in [6.45, 7) is 13.1. The molecule has 0 spiro atoms. The first-order valence-corrected chi connectivity index (χ1v) is 13.8. The molecule has 3 aromatic carbocycles. The van der Waals surface area contributed by atoms with Gasteiger partial charge in [0.25, 0.3) is 0 Å². The first-order valence-electron chi connectivity index (χ1n) is 12.4. The first kappa shape index (κ1) is 28.7. The third-order valence-corrected chi connectivity index (χ3v) is 9.88. The molecule has 6 heteroatoms. The van der Waals surface area contributed by atoms with Gasteiger partial charge in [0, 0.05) is 23.1 Å². The van der Waals surface area contributed by atoms with E-state index in [1.54, 1.807) is 28.4 Å². The summed E-state index contributed by atoms with van der Waals surface area (Å²) in [6.07, 6.45) is 0. The van der Waals surface area contributed by atoms with Crippen molar-refractivity contribution in [3.8, 4) is 28.7 Å². The molecule has 0 fully saturated rings. The van der Waals surface area contributed by atoms with Gasteiger partial charge in [-0.1, -0.05) is 67.7 Å². The summed E-state index contributed by atoms with van der Waals surface area (Å²) in [6, 6.07) is 18.2. The highest BCUT2D eigenvalue weighted by molar-refractivity contribution is 7.67. The van der Waals surface area contributed by atoms with Crippen LogP contribution in [-0.2, 0) is 5.41 Å². The number of aromatic hydroxyl groups is 1. The summed E-state index contributed by atoms with van der Waals surface area (Å²) in [5, 5.41) is 12.5. The first-order chi connectivity index (χ1) is 17.3. The summed E-state index contributed by atoms with van der Waals surface area (Å²) in [4.78, 5) is 0. The molecule has 1 unspecified atom stereocenters. The Bertz CT molecular complexity index is 1120. The zero-order valence-electron chi connectivity index (χ0n) is 23.8. The lowest BCUT2D eigenvalue weighted by Gasteiger charge is -2.40. The van der Waals surface area contributed by atoms with Gasteiger partial charge in [0.1, 0.15) is 28.7 Å². The van der Waals surface area contributed by atoms with Crippen molar-refractivity contribution in [1.82, 2.24) is 0 Å². The average molecular weight is 525 g/mol. The Balaban J connectivity index is 2.43. The normalized spacial score (nSPS) is 12.8. The van der Waals surface area contributed by atoms with Crippen molar-refractivity contribution in [2.75, 3.05) is 28.4 Å². The van der Waals surface area contributed by atoms with E-state index < -0.39 is 7.92 Å². The Hall–Kier alpha value is -2.91. The summed E-state index contributed by atoms with van der Waals surface area (Å²) in [5.74, 6) is 3.22. The van der Waals surface area contributed by atoms with Crippen molar-refractivity contribution in [2.45, 2.75) is 57.8 Å². The molecule has 0 heterocycles. The second-order valence-corrected chi connectivity index (χ2v) is 14.2. The Kier molecular flexibility index (Phi) is 8.70. The fourth-order valence-corrected chi connectivity index (χ4v) is 7.95. The van der Waals surface area contributed by atoms with E-state index in [9.17, 15) is 5.11 Å². The minimum atomic E-state index is -1.04. The maximum Gasteiger partial charge on any atom is 0.127 e. The Morgan fingerprint density at radius 3 is 1.38 bits per heavy atom. The quantitative estimate of drug-likeness (QED) is 0.311. The van der Waals surface area contributed by atoms with Crippen molar-refractivity contribution in [3.63, 3.8) is 0 Å². The minimum absolute atomic E-state index is 0.121. The lowest BCUT2D eigenvalue weighted by atomic mass is 9.86. The molecule has 0 amide bonds. The molecule has 37 heavy (non-hydrogen) atoms. The molecule has 0 saturated carbocycles. The fourth-order valence-electron chi connectivity index (χ4n) is 4.68. The number of ether oxygens (including phenoxy) is 4. The van der Waals surface area contributed by atoms with E-state index >= 15 is 0 Å². The van der Waals surface area contributed by atoms with Crippen LogP contribution in [0.5, 0.6) is 28.7 Å². The lowest BCUT2D eigenvalue weighted by Crippen LogP contribution is -2.26. The number of methoxy groups -OCH3 is 4. The molecule has 1 atom stereocenters. The van der Waals surface area contributed by atoms with Crippen LogP contribution < -0.4 is 24.3 Å². The van der Waals surface area contributed by atoms with Crippen molar-refractivity contribution < 1.29 is 24.1 Å². The summed E-state index contributed by atoms with van der Waals surface area (Å²) in [7, 11) is 5.60. The van der Waals surface area contributed by atoms with Crippen molar-refractivity contribution in [1.29, 1.82) is 0 Å². The molecule has 0 radical (unpaired) electrons. The molecule has 1 N–H and O–H groups in total. The van der Waals surface area contributed by atoms with Gasteiger partial charge in [0.05, 0.1) is 28.4 Å². The van der Waals surface area contributed by atoms with E-state index in [1.807, 2.05) is 18.2 Å². The lowest BCUT2D eigenvalue weighted by molar-refractivity contribution is 0.392. The standard InChI is InChI=1S/C31H41O5P/c1-30(2,3)26-12-11-13-27(28(26)32)37(31(4,5)6)29(20-14-22(33-7)18-23(15-20)34-8)21-16-24(35-9)19-25(17-21)36-10/h11-19,29,32H,1-10H3. The molecule has 5 nitrogen and oxygen atoms in total. The Labute approximate surface area is 223 Å². The van der Waals surface area contributed by atoms with Gasteiger partial charge in [-0.25, -0.2) is 0 Å². The number of rotatable bonds is 8. The molecular formula is C31H41O5P. The molecule has 200 valence electrons. The van der Waals surface area contributed by atoms with Crippen LogP contribution in [0.15, 0.2) is 54.6 Å². The Morgan fingerprint density at radius 1 is 0.649 bits per heavy atom. The van der Waals surface area contributed by atoms with Crippen LogP contribution >= 0.6 is 7.92 Å². The Morgan fingerprint density at radius 2 is 1.05 bits per heavy atom. The molecule has 0 aliphatic heterocycles. The predicted molar refractivity (Wildman–Crippen MR) is 154 cm³/mol. The van der Waals surface area contributed by atoms with Crippen molar-refractivity contribution in [2.24, 2.45) is 0 Å². The predicted octanol–water partition coefficient (Wildman–Crippen LogP) is 7.42. The zero-order valence-corrected chi connectivity index (χ0v) is 24.7. The van der Waals surface area contributed by atoms with Crippen LogP contribution in [0.4, 0.5) is 0 Å². The topological polar surface area (TPSA) is 57.2 Å². The monoisotopic (exact) mass is 524 g/mol. The molecule has 0 aromatic heterocycles. The van der Waals surface area contributed by atoms with Crippen LogP contribution in [0.3, 0.4) is 0 Å². The zero-order chi connectivity index (χ0) is 27.5. The number of para-hydroxylation sites is 1. The van der Waals surface area contributed by atoms with Crippen LogP contribution in [0.2, 0.25) is 0 Å². The van der Waals surface area contributed by atoms with Gasteiger partial charge in [-0.15, -0.1) is 0 Å². The van der Waals surface area contributed by atoms with Crippen LogP contribution in [0, 0.1) is 0 Å². The maximum absolute atomic E-state index is 11.7. The highest BCUT2D eigenvalue weighted by Gasteiger charge is 2.38. The van der Waals surface area contributed by atoms with Gasteiger partial charge in [-0.05, 0) is 51.5 Å².